The molecule has 0 radical (unpaired) electrons. The second kappa shape index (κ2) is 7.93. The van der Waals surface area contributed by atoms with E-state index in [9.17, 15) is 17.6 Å². The van der Waals surface area contributed by atoms with Crippen LogP contribution in [0.5, 0.6) is 0 Å². The van der Waals surface area contributed by atoms with Crippen molar-refractivity contribution in [3.63, 3.8) is 0 Å². The van der Waals surface area contributed by atoms with Gasteiger partial charge >= 0.3 is 0 Å². The van der Waals surface area contributed by atoms with Gasteiger partial charge in [0.05, 0.1) is 0 Å². The van der Waals surface area contributed by atoms with Crippen LogP contribution in [-0.4, -0.2) is 34.0 Å². The number of rotatable bonds is 8. The highest BCUT2D eigenvalue weighted by atomic mass is 32.2. The third-order valence-electron chi connectivity index (χ3n) is 2.47. The Morgan fingerprint density at radius 2 is 1.95 bits per heavy atom. The SMILES string of the molecule is NCCCNC(=O)CCNS(=O)(=O)c1ccccc1F. The summed E-state index contributed by atoms with van der Waals surface area (Å²) in [6, 6.07) is 5.06. The minimum Gasteiger partial charge on any atom is -0.356 e. The highest BCUT2D eigenvalue weighted by molar-refractivity contribution is 7.89. The van der Waals surface area contributed by atoms with E-state index in [4.69, 9.17) is 5.73 Å². The number of halogens is 1. The van der Waals surface area contributed by atoms with E-state index < -0.39 is 20.7 Å². The summed E-state index contributed by atoms with van der Waals surface area (Å²) in [5.74, 6) is -1.11. The molecular weight excluding hydrogens is 285 g/mol. The van der Waals surface area contributed by atoms with Gasteiger partial charge in [-0.05, 0) is 25.1 Å². The number of nitrogens with two attached hydrogens (primary N) is 1. The molecule has 0 unspecified atom stereocenters. The molecule has 112 valence electrons. The second-order valence-corrected chi connectivity index (χ2v) is 5.81. The lowest BCUT2D eigenvalue weighted by atomic mass is 10.3. The molecule has 1 rings (SSSR count). The molecule has 0 aliphatic rings. The zero-order chi connectivity index (χ0) is 15.0. The molecular formula is C12H18FN3O3S. The van der Waals surface area contributed by atoms with Gasteiger partial charge in [0.25, 0.3) is 0 Å². The van der Waals surface area contributed by atoms with Gasteiger partial charge < -0.3 is 11.1 Å². The Kier molecular flexibility index (Phi) is 6.56. The van der Waals surface area contributed by atoms with Crippen molar-refractivity contribution in [1.29, 1.82) is 0 Å². The summed E-state index contributed by atoms with van der Waals surface area (Å²) in [6.45, 7) is 0.834. The quantitative estimate of drug-likeness (QED) is 0.586. The summed E-state index contributed by atoms with van der Waals surface area (Å²) in [6.07, 6.45) is 0.644. The maximum absolute atomic E-state index is 13.4. The van der Waals surface area contributed by atoms with E-state index in [2.05, 4.69) is 10.0 Å². The molecule has 4 N–H and O–H groups in total. The molecule has 1 aromatic rings. The monoisotopic (exact) mass is 303 g/mol. The molecule has 6 nitrogen and oxygen atoms in total. The number of nitrogens with one attached hydrogen (secondary N) is 2. The predicted octanol–water partition coefficient (Wildman–Crippen LogP) is -0.0409. The Balaban J connectivity index is 2.45. The molecule has 1 amide bonds. The van der Waals surface area contributed by atoms with Crippen LogP contribution in [0.1, 0.15) is 12.8 Å². The zero-order valence-electron chi connectivity index (χ0n) is 10.9. The van der Waals surface area contributed by atoms with Gasteiger partial charge in [0.1, 0.15) is 10.7 Å². The van der Waals surface area contributed by atoms with Crippen LogP contribution in [-0.2, 0) is 14.8 Å². The fraction of sp³-hybridized carbons (Fsp3) is 0.417. The average Bonchev–Trinajstić information content (AvgIpc) is 2.39. The van der Waals surface area contributed by atoms with E-state index in [-0.39, 0.29) is 18.9 Å². The van der Waals surface area contributed by atoms with Crippen LogP contribution in [0.2, 0.25) is 0 Å². The molecule has 0 saturated carbocycles. The molecule has 0 bridgehead atoms. The van der Waals surface area contributed by atoms with Crippen LogP contribution in [0.25, 0.3) is 0 Å². The largest absolute Gasteiger partial charge is 0.356 e. The molecule has 0 aromatic heterocycles. The number of carbonyl (C=O) groups excluding carboxylic acids is 1. The van der Waals surface area contributed by atoms with E-state index in [1.54, 1.807) is 0 Å². The van der Waals surface area contributed by atoms with Crippen molar-refractivity contribution in [1.82, 2.24) is 10.0 Å². The maximum atomic E-state index is 13.4. The Labute approximate surface area is 117 Å². The summed E-state index contributed by atoms with van der Waals surface area (Å²) in [4.78, 5) is 10.9. The van der Waals surface area contributed by atoms with Crippen molar-refractivity contribution in [2.24, 2.45) is 5.73 Å². The number of carbonyl (C=O) groups is 1. The lowest BCUT2D eigenvalue weighted by Crippen LogP contribution is -2.32. The average molecular weight is 303 g/mol. The van der Waals surface area contributed by atoms with Crippen LogP contribution in [0, 0.1) is 5.82 Å². The van der Waals surface area contributed by atoms with Crippen molar-refractivity contribution in [3.8, 4) is 0 Å². The van der Waals surface area contributed by atoms with E-state index in [0.29, 0.717) is 19.5 Å². The summed E-state index contributed by atoms with van der Waals surface area (Å²) in [5.41, 5.74) is 5.27. The van der Waals surface area contributed by atoms with Crippen LogP contribution in [0.3, 0.4) is 0 Å². The van der Waals surface area contributed by atoms with Crippen LogP contribution < -0.4 is 15.8 Å². The number of amides is 1. The topological polar surface area (TPSA) is 101 Å². The highest BCUT2D eigenvalue weighted by Crippen LogP contribution is 2.12. The lowest BCUT2D eigenvalue weighted by Gasteiger charge is -2.08. The van der Waals surface area contributed by atoms with Gasteiger partial charge in [0, 0.05) is 19.5 Å². The lowest BCUT2D eigenvalue weighted by molar-refractivity contribution is -0.120. The van der Waals surface area contributed by atoms with Gasteiger partial charge in [0.15, 0.2) is 0 Å². The van der Waals surface area contributed by atoms with Crippen molar-refractivity contribution < 1.29 is 17.6 Å². The van der Waals surface area contributed by atoms with E-state index in [1.165, 1.54) is 18.2 Å². The Morgan fingerprint density at radius 1 is 1.25 bits per heavy atom. The normalized spacial score (nSPS) is 11.3. The van der Waals surface area contributed by atoms with Gasteiger partial charge in [-0.25, -0.2) is 17.5 Å². The first-order valence-electron chi connectivity index (χ1n) is 6.18. The number of hydrogen-bond acceptors (Lipinski definition) is 4. The standard InChI is InChI=1S/C12H18FN3O3S/c13-10-4-1-2-5-11(10)20(18,19)16-9-6-12(17)15-8-3-7-14/h1-2,4-5,16H,3,6-9,14H2,(H,15,17). The fourth-order valence-electron chi connectivity index (χ4n) is 1.46. The van der Waals surface area contributed by atoms with Crippen molar-refractivity contribution in [2.75, 3.05) is 19.6 Å². The summed E-state index contributed by atoms with van der Waals surface area (Å²) in [7, 11) is -3.94. The van der Waals surface area contributed by atoms with E-state index in [1.807, 2.05) is 0 Å². The first-order valence-corrected chi connectivity index (χ1v) is 7.66. The highest BCUT2D eigenvalue weighted by Gasteiger charge is 2.18. The van der Waals surface area contributed by atoms with Crippen molar-refractivity contribution in [2.45, 2.75) is 17.7 Å². The molecule has 0 saturated heterocycles. The number of benzene rings is 1. The first kappa shape index (κ1) is 16.5. The van der Waals surface area contributed by atoms with Gasteiger partial charge in [-0.1, -0.05) is 12.1 Å². The maximum Gasteiger partial charge on any atom is 0.243 e. The third-order valence-corrected chi connectivity index (χ3v) is 3.97. The van der Waals surface area contributed by atoms with E-state index >= 15 is 0 Å². The van der Waals surface area contributed by atoms with E-state index in [0.717, 1.165) is 6.07 Å². The minimum absolute atomic E-state index is 0.0156. The number of sulfonamides is 1. The molecule has 1 aromatic carbocycles. The molecule has 0 aliphatic carbocycles. The van der Waals surface area contributed by atoms with Gasteiger partial charge in [-0.15, -0.1) is 0 Å². The third kappa shape index (κ3) is 5.24. The second-order valence-electron chi connectivity index (χ2n) is 4.07. The molecule has 0 atom stereocenters. The van der Waals surface area contributed by atoms with Crippen LogP contribution >= 0.6 is 0 Å². The van der Waals surface area contributed by atoms with Crippen molar-refractivity contribution >= 4 is 15.9 Å². The van der Waals surface area contributed by atoms with Gasteiger partial charge in [-0.3, -0.25) is 4.79 Å². The molecule has 0 aliphatic heterocycles. The molecule has 0 spiro atoms. The predicted molar refractivity (Wildman–Crippen MR) is 72.9 cm³/mol. The Hall–Kier alpha value is -1.51. The summed E-state index contributed by atoms with van der Waals surface area (Å²) >= 11 is 0. The zero-order valence-corrected chi connectivity index (χ0v) is 11.7. The summed E-state index contributed by atoms with van der Waals surface area (Å²) in [5, 5.41) is 2.59. The molecule has 8 heteroatoms. The van der Waals surface area contributed by atoms with Gasteiger partial charge in [-0.2, -0.15) is 0 Å². The minimum atomic E-state index is -3.94. The fourth-order valence-corrected chi connectivity index (χ4v) is 2.57. The smallest absolute Gasteiger partial charge is 0.243 e. The van der Waals surface area contributed by atoms with Crippen LogP contribution in [0.4, 0.5) is 4.39 Å². The van der Waals surface area contributed by atoms with Crippen LogP contribution in [0.15, 0.2) is 29.2 Å². The Morgan fingerprint density at radius 3 is 2.60 bits per heavy atom. The molecule has 20 heavy (non-hydrogen) atoms. The first-order chi connectivity index (χ1) is 9.47. The van der Waals surface area contributed by atoms with Crippen molar-refractivity contribution in [3.05, 3.63) is 30.1 Å². The molecule has 0 heterocycles. The Bertz CT molecular complexity index is 549. The number of hydrogen-bond donors (Lipinski definition) is 3. The molecule has 0 fully saturated rings. The van der Waals surface area contributed by atoms with Gasteiger partial charge in [0.2, 0.25) is 15.9 Å². The summed E-state index contributed by atoms with van der Waals surface area (Å²) < 4.78 is 39.1.